The summed E-state index contributed by atoms with van der Waals surface area (Å²) in [7, 11) is 0. The van der Waals surface area contributed by atoms with Crippen LogP contribution < -0.4 is 10.5 Å². The Morgan fingerprint density at radius 1 is 1.10 bits per heavy atom. The van der Waals surface area contributed by atoms with E-state index in [2.05, 4.69) is 0 Å². The molecule has 0 bridgehead atoms. The lowest BCUT2D eigenvalue weighted by molar-refractivity contribution is 0.0155. The Morgan fingerprint density at radius 3 is 2.30 bits per heavy atom. The molecule has 0 aliphatic heterocycles. The molecular formula is C16H17F2NO. The molecule has 0 saturated carbocycles. The molecule has 0 heterocycles. The van der Waals surface area contributed by atoms with Crippen LogP contribution in [0.4, 0.5) is 8.78 Å². The van der Waals surface area contributed by atoms with Gasteiger partial charge in [0.2, 0.25) is 0 Å². The van der Waals surface area contributed by atoms with Gasteiger partial charge < -0.3 is 10.5 Å². The summed E-state index contributed by atoms with van der Waals surface area (Å²) in [5, 5.41) is 0. The second kappa shape index (κ2) is 5.59. The molecule has 0 aromatic heterocycles. The maximum atomic E-state index is 13.6. The number of aryl methyl sites for hydroxylation is 1. The van der Waals surface area contributed by atoms with Gasteiger partial charge in [0.05, 0.1) is 5.56 Å². The van der Waals surface area contributed by atoms with E-state index in [1.807, 2.05) is 19.1 Å². The van der Waals surface area contributed by atoms with E-state index in [1.54, 1.807) is 24.3 Å². The average molecular weight is 277 g/mol. The number of benzene rings is 2. The van der Waals surface area contributed by atoms with Crippen molar-refractivity contribution in [1.29, 1.82) is 0 Å². The summed E-state index contributed by atoms with van der Waals surface area (Å²) >= 11 is 0. The Morgan fingerprint density at radius 2 is 1.75 bits per heavy atom. The highest BCUT2D eigenvalue weighted by molar-refractivity contribution is 5.43. The van der Waals surface area contributed by atoms with Crippen molar-refractivity contribution in [1.82, 2.24) is 0 Å². The highest BCUT2D eigenvalue weighted by atomic mass is 19.3. The molecule has 106 valence electrons. The third-order valence-electron chi connectivity index (χ3n) is 3.00. The van der Waals surface area contributed by atoms with E-state index in [9.17, 15) is 8.78 Å². The molecule has 2 nitrogen and oxygen atoms in total. The number of hydrogen-bond acceptors (Lipinski definition) is 2. The molecule has 0 saturated heterocycles. The lowest BCUT2D eigenvalue weighted by Crippen LogP contribution is -2.10. The van der Waals surface area contributed by atoms with Gasteiger partial charge in [-0.25, -0.2) is 8.78 Å². The van der Waals surface area contributed by atoms with Gasteiger partial charge in [-0.2, -0.15) is 0 Å². The fraction of sp³-hybridized carbons (Fsp3) is 0.250. The van der Waals surface area contributed by atoms with Crippen LogP contribution in [0.1, 0.15) is 23.6 Å². The minimum Gasteiger partial charge on any atom is -0.457 e. The van der Waals surface area contributed by atoms with E-state index in [4.69, 9.17) is 10.5 Å². The van der Waals surface area contributed by atoms with Gasteiger partial charge in [-0.1, -0.05) is 23.8 Å². The van der Waals surface area contributed by atoms with Gasteiger partial charge >= 0.3 is 0 Å². The minimum absolute atomic E-state index is 0.143. The average Bonchev–Trinajstić information content (AvgIpc) is 2.40. The number of ether oxygens (including phenoxy) is 1. The lowest BCUT2D eigenvalue weighted by Gasteiger charge is -2.17. The van der Waals surface area contributed by atoms with Gasteiger partial charge in [0, 0.05) is 13.5 Å². The van der Waals surface area contributed by atoms with Crippen LogP contribution in [0.5, 0.6) is 11.5 Å². The Labute approximate surface area is 117 Å². The zero-order valence-corrected chi connectivity index (χ0v) is 11.5. The molecule has 0 radical (unpaired) electrons. The molecule has 2 N–H and O–H groups in total. The summed E-state index contributed by atoms with van der Waals surface area (Å²) in [6, 6.07) is 11.8. The molecule has 0 aliphatic carbocycles. The summed E-state index contributed by atoms with van der Waals surface area (Å²) in [6.07, 6.45) is 0. The van der Waals surface area contributed by atoms with Gasteiger partial charge in [-0.3, -0.25) is 0 Å². The van der Waals surface area contributed by atoms with Crippen LogP contribution in [-0.4, -0.2) is 0 Å². The highest BCUT2D eigenvalue weighted by Crippen LogP contribution is 2.37. The fourth-order valence-electron chi connectivity index (χ4n) is 1.87. The van der Waals surface area contributed by atoms with E-state index in [1.165, 1.54) is 6.07 Å². The van der Waals surface area contributed by atoms with Gasteiger partial charge in [-0.15, -0.1) is 0 Å². The summed E-state index contributed by atoms with van der Waals surface area (Å²) in [5.41, 5.74) is 7.23. The van der Waals surface area contributed by atoms with Crippen LogP contribution in [-0.2, 0) is 12.5 Å². The summed E-state index contributed by atoms with van der Waals surface area (Å²) in [5.74, 6) is -2.30. The summed E-state index contributed by atoms with van der Waals surface area (Å²) < 4.78 is 32.8. The minimum atomic E-state index is -2.97. The van der Waals surface area contributed by atoms with Crippen LogP contribution in [0, 0.1) is 6.92 Å². The summed E-state index contributed by atoms with van der Waals surface area (Å²) in [6.45, 7) is 3.08. The lowest BCUT2D eigenvalue weighted by atomic mass is 10.1. The predicted octanol–water partition coefficient (Wildman–Crippen LogP) is 4.36. The van der Waals surface area contributed by atoms with Crippen molar-refractivity contribution >= 4 is 0 Å². The van der Waals surface area contributed by atoms with Crippen molar-refractivity contribution < 1.29 is 13.5 Å². The molecule has 2 aromatic carbocycles. The third-order valence-corrected chi connectivity index (χ3v) is 3.00. The van der Waals surface area contributed by atoms with Crippen molar-refractivity contribution in [3.63, 3.8) is 0 Å². The van der Waals surface area contributed by atoms with Crippen LogP contribution in [0.15, 0.2) is 42.5 Å². The molecule has 2 aromatic rings. The van der Waals surface area contributed by atoms with E-state index in [0.717, 1.165) is 18.1 Å². The number of halogens is 2. The van der Waals surface area contributed by atoms with E-state index in [0.29, 0.717) is 5.75 Å². The zero-order valence-electron chi connectivity index (χ0n) is 11.5. The predicted molar refractivity (Wildman–Crippen MR) is 75.2 cm³/mol. The molecule has 20 heavy (non-hydrogen) atoms. The molecule has 0 fully saturated rings. The highest BCUT2D eigenvalue weighted by Gasteiger charge is 2.28. The van der Waals surface area contributed by atoms with Crippen molar-refractivity contribution in [3.8, 4) is 11.5 Å². The molecule has 4 heteroatoms. The maximum absolute atomic E-state index is 13.6. The number of rotatable bonds is 4. The van der Waals surface area contributed by atoms with Crippen LogP contribution in [0.3, 0.4) is 0 Å². The van der Waals surface area contributed by atoms with Crippen molar-refractivity contribution in [2.45, 2.75) is 26.3 Å². The van der Waals surface area contributed by atoms with E-state index >= 15 is 0 Å². The first-order valence-electron chi connectivity index (χ1n) is 6.36. The quantitative estimate of drug-likeness (QED) is 0.901. The molecule has 0 amide bonds. The van der Waals surface area contributed by atoms with Crippen LogP contribution in [0.2, 0.25) is 0 Å². The first kappa shape index (κ1) is 14.5. The Hall–Kier alpha value is -1.94. The Bertz CT molecular complexity index is 588. The second-order valence-electron chi connectivity index (χ2n) is 4.84. The molecule has 0 atom stereocenters. The Kier molecular flexibility index (Phi) is 4.04. The normalized spacial score (nSPS) is 11.4. The van der Waals surface area contributed by atoms with E-state index < -0.39 is 5.92 Å². The zero-order chi connectivity index (χ0) is 14.8. The van der Waals surface area contributed by atoms with Gasteiger partial charge in [0.1, 0.15) is 11.5 Å². The molecule has 0 unspecified atom stereocenters. The van der Waals surface area contributed by atoms with Gasteiger partial charge in [0.25, 0.3) is 5.92 Å². The van der Waals surface area contributed by atoms with Crippen LogP contribution >= 0.6 is 0 Å². The fourth-order valence-corrected chi connectivity index (χ4v) is 1.87. The van der Waals surface area contributed by atoms with Crippen molar-refractivity contribution in [3.05, 3.63) is 59.2 Å². The molecule has 0 spiro atoms. The topological polar surface area (TPSA) is 35.2 Å². The van der Waals surface area contributed by atoms with E-state index in [-0.39, 0.29) is 17.9 Å². The van der Waals surface area contributed by atoms with Crippen molar-refractivity contribution in [2.24, 2.45) is 5.73 Å². The van der Waals surface area contributed by atoms with Gasteiger partial charge in [0.15, 0.2) is 0 Å². The summed E-state index contributed by atoms with van der Waals surface area (Å²) in [4.78, 5) is 0. The van der Waals surface area contributed by atoms with Crippen LogP contribution in [0.25, 0.3) is 0 Å². The Balaban J connectivity index is 2.40. The second-order valence-corrected chi connectivity index (χ2v) is 4.84. The first-order valence-corrected chi connectivity index (χ1v) is 6.36. The first-order chi connectivity index (χ1) is 9.40. The van der Waals surface area contributed by atoms with Gasteiger partial charge in [-0.05, 0) is 36.8 Å². The largest absolute Gasteiger partial charge is 0.457 e. The smallest absolute Gasteiger partial charge is 0.274 e. The molecule has 2 rings (SSSR count). The third kappa shape index (κ3) is 3.33. The van der Waals surface area contributed by atoms with Crippen molar-refractivity contribution in [2.75, 3.05) is 0 Å². The SMILES string of the molecule is Cc1ccc(Oc2cc(CN)ccc2C(C)(F)F)cc1. The monoisotopic (exact) mass is 277 g/mol. The number of hydrogen-bond donors (Lipinski definition) is 1. The standard InChI is InChI=1S/C16H17F2NO/c1-11-3-6-13(7-4-11)20-15-9-12(10-19)5-8-14(15)16(2,17)18/h3-9H,10,19H2,1-2H3. The molecule has 0 aliphatic rings. The number of alkyl halides is 2. The molecular weight excluding hydrogens is 260 g/mol. The number of nitrogens with two attached hydrogens (primary N) is 1. The maximum Gasteiger partial charge on any atom is 0.274 e.